The smallest absolute Gasteiger partial charge is 0.388 e. The van der Waals surface area contributed by atoms with Crippen LogP contribution in [-0.2, 0) is 18.9 Å². The first-order chi connectivity index (χ1) is 13.9. The number of hydrogen-bond acceptors (Lipinski definition) is 7. The van der Waals surface area contributed by atoms with Gasteiger partial charge in [0.25, 0.3) is 0 Å². The Morgan fingerprint density at radius 2 is 1.39 bits per heavy atom. The Hall–Kier alpha value is -1.02. The molecular formula is C21H35N3O4. The van der Waals surface area contributed by atoms with E-state index in [9.17, 15) is 0 Å². The lowest BCUT2D eigenvalue weighted by atomic mass is 10.1. The zero-order valence-corrected chi connectivity index (χ0v) is 17.1. The molecule has 158 valence electrons. The minimum atomic E-state index is -0.821. The fraction of sp³-hybridized carbons (Fsp3) is 0.905. The number of rotatable bonds is 4. The van der Waals surface area contributed by atoms with Gasteiger partial charge in [0.1, 0.15) is 6.10 Å². The molecule has 0 N–H and O–H groups in total. The Morgan fingerprint density at radius 1 is 0.679 bits per heavy atom. The summed E-state index contributed by atoms with van der Waals surface area (Å²) in [5.74, 6) is 1.89. The molecule has 0 spiro atoms. The van der Waals surface area contributed by atoms with E-state index in [1.54, 1.807) is 0 Å². The summed E-state index contributed by atoms with van der Waals surface area (Å²) < 4.78 is 25.6. The van der Waals surface area contributed by atoms with Crippen LogP contribution in [-0.4, -0.2) is 85.9 Å². The van der Waals surface area contributed by atoms with Gasteiger partial charge in [-0.25, -0.2) is 9.80 Å². The van der Waals surface area contributed by atoms with Crippen LogP contribution in [0.15, 0.2) is 11.6 Å². The maximum absolute atomic E-state index is 6.88. The van der Waals surface area contributed by atoms with Crippen LogP contribution >= 0.6 is 0 Å². The van der Waals surface area contributed by atoms with E-state index in [1.807, 2.05) is 0 Å². The van der Waals surface area contributed by atoms with Crippen molar-refractivity contribution in [2.75, 3.05) is 59.1 Å². The van der Waals surface area contributed by atoms with Crippen LogP contribution in [0.25, 0.3) is 0 Å². The van der Waals surface area contributed by atoms with Crippen molar-refractivity contribution in [2.45, 2.75) is 63.5 Å². The topological polar surface area (TPSA) is 46.6 Å². The van der Waals surface area contributed by atoms with Gasteiger partial charge in [0, 0.05) is 45.9 Å². The lowest BCUT2D eigenvalue weighted by Crippen LogP contribution is -2.65. The van der Waals surface area contributed by atoms with Crippen LogP contribution in [0, 0.1) is 0 Å². The second-order valence-corrected chi connectivity index (χ2v) is 8.62. The standard InChI is InChI=1S/C21H35N3O4/c1-3-11-23(12-4-1)21(24-13-16-25-17-14-24)27-19(18-8-2-7-15-26-18)20(28-21)22-9-5-6-10-22/h18H,1-17H2. The molecule has 4 fully saturated rings. The molecule has 2 atom stereocenters. The SMILES string of the molecule is C1CCN(C2(N3CCOCC3)OC(C3CCCCO3)=C(N3CCCC3)O2)CC1. The molecule has 0 bridgehead atoms. The Labute approximate surface area is 168 Å². The van der Waals surface area contributed by atoms with Crippen molar-refractivity contribution in [3.8, 4) is 0 Å². The summed E-state index contributed by atoms with van der Waals surface area (Å²) in [5, 5.41) is 0. The Kier molecular flexibility index (Phi) is 5.68. The van der Waals surface area contributed by atoms with Crippen molar-refractivity contribution in [3.63, 3.8) is 0 Å². The molecule has 0 aliphatic carbocycles. The Morgan fingerprint density at radius 3 is 2.11 bits per heavy atom. The summed E-state index contributed by atoms with van der Waals surface area (Å²) in [5.41, 5.74) is 0. The Bertz CT molecular complexity index is 542. The fourth-order valence-corrected chi connectivity index (χ4v) is 5.16. The van der Waals surface area contributed by atoms with Crippen molar-refractivity contribution >= 4 is 0 Å². The summed E-state index contributed by atoms with van der Waals surface area (Å²) in [4.78, 5) is 7.17. The van der Waals surface area contributed by atoms with Gasteiger partial charge in [0.15, 0.2) is 5.76 Å². The van der Waals surface area contributed by atoms with Crippen LogP contribution in [0.4, 0.5) is 0 Å². The van der Waals surface area contributed by atoms with Crippen molar-refractivity contribution in [2.24, 2.45) is 0 Å². The minimum absolute atomic E-state index is 0.0251. The maximum Gasteiger partial charge on any atom is 0.388 e. The normalized spacial score (nSPS) is 35.9. The number of nitrogens with zero attached hydrogens (tertiary/aromatic N) is 3. The molecule has 0 amide bonds. The molecular weight excluding hydrogens is 358 g/mol. The average Bonchev–Trinajstić information content (AvgIpc) is 3.44. The Balaban J connectivity index is 1.47. The van der Waals surface area contributed by atoms with Crippen molar-refractivity contribution in [1.29, 1.82) is 0 Å². The van der Waals surface area contributed by atoms with E-state index in [1.165, 1.54) is 38.5 Å². The fourth-order valence-electron chi connectivity index (χ4n) is 5.16. The highest BCUT2D eigenvalue weighted by Crippen LogP contribution is 2.43. The summed E-state index contributed by atoms with van der Waals surface area (Å²) in [6.45, 7) is 8.09. The molecule has 7 nitrogen and oxygen atoms in total. The van der Waals surface area contributed by atoms with E-state index < -0.39 is 6.03 Å². The number of piperidine rings is 1. The van der Waals surface area contributed by atoms with Gasteiger partial charge in [-0.2, -0.15) is 0 Å². The lowest BCUT2D eigenvalue weighted by Gasteiger charge is -2.48. The van der Waals surface area contributed by atoms with E-state index in [-0.39, 0.29) is 6.10 Å². The van der Waals surface area contributed by atoms with Crippen molar-refractivity contribution < 1.29 is 18.9 Å². The van der Waals surface area contributed by atoms with Gasteiger partial charge in [-0.1, -0.05) is 6.42 Å². The van der Waals surface area contributed by atoms with Gasteiger partial charge in [-0.05, 0) is 44.9 Å². The van der Waals surface area contributed by atoms with Crippen LogP contribution in [0.1, 0.15) is 51.4 Å². The second kappa shape index (κ2) is 8.38. The summed E-state index contributed by atoms with van der Waals surface area (Å²) in [6.07, 6.45) is 9.52. The zero-order valence-electron chi connectivity index (χ0n) is 17.1. The van der Waals surface area contributed by atoms with E-state index in [0.29, 0.717) is 0 Å². The predicted molar refractivity (Wildman–Crippen MR) is 104 cm³/mol. The molecule has 0 aromatic rings. The largest absolute Gasteiger partial charge is 0.423 e. The highest BCUT2D eigenvalue weighted by atomic mass is 16.8. The number of likely N-dealkylation sites (tertiary alicyclic amines) is 2. The highest BCUT2D eigenvalue weighted by Gasteiger charge is 2.56. The third-order valence-corrected chi connectivity index (χ3v) is 6.72. The van der Waals surface area contributed by atoms with Crippen molar-refractivity contribution in [3.05, 3.63) is 11.6 Å². The molecule has 28 heavy (non-hydrogen) atoms. The maximum atomic E-state index is 6.88. The van der Waals surface area contributed by atoms with Crippen LogP contribution in [0.3, 0.4) is 0 Å². The summed E-state index contributed by atoms with van der Waals surface area (Å²) in [7, 11) is 0. The van der Waals surface area contributed by atoms with Crippen LogP contribution in [0.5, 0.6) is 0 Å². The molecule has 0 aromatic carbocycles. The van der Waals surface area contributed by atoms with Gasteiger partial charge in [-0.15, -0.1) is 0 Å². The molecule has 7 heteroatoms. The van der Waals surface area contributed by atoms with Crippen LogP contribution < -0.4 is 0 Å². The summed E-state index contributed by atoms with van der Waals surface area (Å²) in [6, 6.07) is -0.821. The molecule has 5 rings (SSSR count). The van der Waals surface area contributed by atoms with Gasteiger partial charge in [-0.3, -0.25) is 0 Å². The molecule has 4 saturated heterocycles. The first-order valence-electron chi connectivity index (χ1n) is 11.4. The van der Waals surface area contributed by atoms with Gasteiger partial charge < -0.3 is 23.8 Å². The molecule has 5 heterocycles. The first-order valence-corrected chi connectivity index (χ1v) is 11.4. The van der Waals surface area contributed by atoms with E-state index >= 15 is 0 Å². The van der Waals surface area contributed by atoms with Gasteiger partial charge in [0.2, 0.25) is 5.88 Å². The molecule has 0 radical (unpaired) electrons. The molecule has 2 unspecified atom stereocenters. The van der Waals surface area contributed by atoms with E-state index in [0.717, 1.165) is 83.6 Å². The first kappa shape index (κ1) is 19.0. The van der Waals surface area contributed by atoms with Gasteiger partial charge in [0.05, 0.1) is 13.2 Å². The van der Waals surface area contributed by atoms with Gasteiger partial charge >= 0.3 is 6.03 Å². The molecule has 0 saturated carbocycles. The molecule has 5 aliphatic heterocycles. The second-order valence-electron chi connectivity index (χ2n) is 8.62. The number of ether oxygens (including phenoxy) is 4. The third-order valence-electron chi connectivity index (χ3n) is 6.72. The highest BCUT2D eigenvalue weighted by molar-refractivity contribution is 5.14. The minimum Gasteiger partial charge on any atom is -0.423 e. The predicted octanol–water partition coefficient (Wildman–Crippen LogP) is 2.30. The zero-order chi connectivity index (χ0) is 18.8. The number of hydrogen-bond donors (Lipinski definition) is 0. The lowest BCUT2D eigenvalue weighted by molar-refractivity contribution is -0.356. The average molecular weight is 394 g/mol. The number of morpholine rings is 1. The molecule has 5 aliphatic rings. The van der Waals surface area contributed by atoms with Crippen LogP contribution in [0.2, 0.25) is 0 Å². The third kappa shape index (κ3) is 3.51. The van der Waals surface area contributed by atoms with E-state index in [2.05, 4.69) is 14.7 Å². The summed E-state index contributed by atoms with van der Waals surface area (Å²) >= 11 is 0. The quantitative estimate of drug-likeness (QED) is 0.726. The molecule has 0 aromatic heterocycles. The van der Waals surface area contributed by atoms with Crippen molar-refractivity contribution in [1.82, 2.24) is 14.7 Å². The monoisotopic (exact) mass is 393 g/mol. The van der Waals surface area contributed by atoms with E-state index in [4.69, 9.17) is 18.9 Å².